The molecule has 5 nitrogen and oxygen atoms in total. The van der Waals surface area contributed by atoms with E-state index < -0.39 is 0 Å². The molecule has 0 saturated heterocycles. The van der Waals surface area contributed by atoms with E-state index in [1.54, 1.807) is 18.2 Å². The van der Waals surface area contributed by atoms with Crippen LogP contribution in [0, 0.1) is 17.3 Å². The molecule has 4 fully saturated rings. The van der Waals surface area contributed by atoms with Crippen molar-refractivity contribution >= 4 is 27.7 Å². The van der Waals surface area contributed by atoms with E-state index in [0.717, 1.165) is 37.5 Å². The molecule has 1 aromatic carbocycles. The van der Waals surface area contributed by atoms with E-state index in [0.29, 0.717) is 36.7 Å². The maximum atomic E-state index is 12.6. The van der Waals surface area contributed by atoms with Crippen molar-refractivity contribution < 1.29 is 23.8 Å². The van der Waals surface area contributed by atoms with Gasteiger partial charge in [0.05, 0.1) is 19.6 Å². The zero-order valence-electron chi connectivity index (χ0n) is 16.6. The third kappa shape index (κ3) is 3.92. The summed E-state index contributed by atoms with van der Waals surface area (Å²) in [5.41, 5.74) is 0.541. The highest BCUT2D eigenvalue weighted by atomic mass is 79.9. The van der Waals surface area contributed by atoms with Crippen LogP contribution in [0.3, 0.4) is 0 Å². The van der Waals surface area contributed by atoms with Crippen LogP contribution in [0.2, 0.25) is 0 Å². The number of benzene rings is 1. The normalized spacial score (nSPS) is 34.5. The average Bonchev–Trinajstić information content (AvgIpc) is 2.88. The fourth-order valence-electron chi connectivity index (χ4n) is 6.47. The Morgan fingerprint density at radius 2 is 1.79 bits per heavy atom. The van der Waals surface area contributed by atoms with Crippen LogP contribution in [0.1, 0.15) is 61.7 Å². The lowest BCUT2D eigenvalue weighted by Crippen LogP contribution is -2.53. The average molecular weight is 463 g/mol. The second-order valence-corrected chi connectivity index (χ2v) is 11.3. The summed E-state index contributed by atoms with van der Waals surface area (Å²) in [6, 6.07) is 5.14. The standard InChI is InChI=1S/C23H27BrO5/c24-23-10-15-6-16(11-23)9-22(8-15,14-23)12-21(26)29-13-18(25)17-2-3-19-20(7-17)28-5-1-4-27-19/h2-3,7,15-16H,1,4-6,8-14H2. The Labute approximate surface area is 179 Å². The number of hydrogen-bond donors (Lipinski definition) is 0. The van der Waals surface area contributed by atoms with Crippen molar-refractivity contribution in [3.63, 3.8) is 0 Å². The summed E-state index contributed by atoms with van der Waals surface area (Å²) in [6.07, 6.45) is 8.34. The van der Waals surface area contributed by atoms with Crippen LogP contribution in [-0.4, -0.2) is 35.9 Å². The summed E-state index contributed by atoms with van der Waals surface area (Å²) < 4.78 is 16.9. The molecule has 0 spiro atoms. The molecule has 0 amide bonds. The molecule has 1 aliphatic heterocycles. The predicted octanol–water partition coefficient (Wildman–Crippen LogP) is 4.70. The zero-order chi connectivity index (χ0) is 20.1. The van der Waals surface area contributed by atoms with Crippen molar-refractivity contribution in [2.45, 2.75) is 55.7 Å². The Kier molecular flexibility index (Phi) is 4.88. The summed E-state index contributed by atoms with van der Waals surface area (Å²) in [5.74, 6) is 2.23. The van der Waals surface area contributed by atoms with E-state index in [1.807, 2.05) is 0 Å². The van der Waals surface area contributed by atoms with Crippen molar-refractivity contribution in [2.75, 3.05) is 19.8 Å². The summed E-state index contributed by atoms with van der Waals surface area (Å²) >= 11 is 3.98. The fraction of sp³-hybridized carbons (Fsp3) is 0.652. The van der Waals surface area contributed by atoms with Gasteiger partial charge in [-0.1, -0.05) is 15.9 Å². The van der Waals surface area contributed by atoms with Crippen molar-refractivity contribution in [2.24, 2.45) is 17.3 Å². The SMILES string of the molecule is O=C(CC12CC3CC(CC(Br)(C3)C1)C2)OCC(=O)c1ccc2c(c1)OCCCO2. The first kappa shape index (κ1) is 19.4. The molecule has 0 N–H and O–H groups in total. The van der Waals surface area contributed by atoms with Gasteiger partial charge in [-0.15, -0.1) is 0 Å². The van der Waals surface area contributed by atoms with Crippen LogP contribution < -0.4 is 9.47 Å². The molecule has 1 aromatic rings. The number of carbonyl (C=O) groups is 2. The zero-order valence-corrected chi connectivity index (χ0v) is 18.2. The molecule has 5 aliphatic rings. The molecule has 4 saturated carbocycles. The first-order chi connectivity index (χ1) is 13.9. The first-order valence-corrected chi connectivity index (χ1v) is 11.5. The van der Waals surface area contributed by atoms with E-state index in [1.165, 1.54) is 19.3 Å². The first-order valence-electron chi connectivity index (χ1n) is 10.7. The summed E-state index contributed by atoms with van der Waals surface area (Å²) in [4.78, 5) is 25.2. The van der Waals surface area contributed by atoms with Crippen LogP contribution in [-0.2, 0) is 9.53 Å². The van der Waals surface area contributed by atoms with Gasteiger partial charge in [0.2, 0.25) is 0 Å². The topological polar surface area (TPSA) is 61.8 Å². The number of carbonyl (C=O) groups excluding carboxylic acids is 2. The molecule has 29 heavy (non-hydrogen) atoms. The van der Waals surface area contributed by atoms with Gasteiger partial charge in [-0.05, 0) is 74.0 Å². The van der Waals surface area contributed by atoms with E-state index in [-0.39, 0.29) is 28.1 Å². The van der Waals surface area contributed by atoms with Crippen LogP contribution in [0.4, 0.5) is 0 Å². The van der Waals surface area contributed by atoms with Crippen LogP contribution in [0.5, 0.6) is 11.5 Å². The number of ether oxygens (including phenoxy) is 3. The maximum absolute atomic E-state index is 12.6. The molecular formula is C23H27BrO5. The van der Waals surface area contributed by atoms with Crippen molar-refractivity contribution in [1.29, 1.82) is 0 Å². The van der Waals surface area contributed by atoms with Gasteiger partial charge in [-0.25, -0.2) is 0 Å². The van der Waals surface area contributed by atoms with Crippen molar-refractivity contribution in [1.82, 2.24) is 0 Å². The molecule has 6 rings (SSSR count). The Morgan fingerprint density at radius 3 is 2.52 bits per heavy atom. The van der Waals surface area contributed by atoms with E-state index in [9.17, 15) is 9.59 Å². The van der Waals surface area contributed by atoms with Gasteiger partial charge in [0.1, 0.15) is 0 Å². The maximum Gasteiger partial charge on any atom is 0.306 e. The van der Waals surface area contributed by atoms with Gasteiger partial charge >= 0.3 is 5.97 Å². The third-order valence-electron chi connectivity index (χ3n) is 7.06. The molecule has 6 heteroatoms. The minimum Gasteiger partial charge on any atom is -0.490 e. The molecule has 0 aromatic heterocycles. The molecule has 2 atom stereocenters. The highest BCUT2D eigenvalue weighted by Gasteiger charge is 2.57. The Balaban J connectivity index is 1.19. The van der Waals surface area contributed by atoms with Crippen LogP contribution in [0.15, 0.2) is 18.2 Å². The molecule has 2 unspecified atom stereocenters. The van der Waals surface area contributed by atoms with E-state index in [4.69, 9.17) is 14.2 Å². The Morgan fingerprint density at radius 1 is 1.07 bits per heavy atom. The smallest absolute Gasteiger partial charge is 0.306 e. The second kappa shape index (κ2) is 7.29. The largest absolute Gasteiger partial charge is 0.490 e. The third-order valence-corrected chi connectivity index (χ3v) is 7.99. The lowest BCUT2D eigenvalue weighted by molar-refractivity contribution is -0.149. The lowest BCUT2D eigenvalue weighted by atomic mass is 9.49. The second-order valence-electron chi connectivity index (χ2n) is 9.58. The van der Waals surface area contributed by atoms with Crippen LogP contribution >= 0.6 is 15.9 Å². The highest BCUT2D eigenvalue weighted by Crippen LogP contribution is 2.65. The summed E-state index contributed by atoms with van der Waals surface area (Å²) in [6.45, 7) is 0.955. The number of Topliss-reactive ketones (excluding diaryl/α,β-unsaturated/α-hetero) is 1. The van der Waals surface area contributed by atoms with Gasteiger partial charge in [-0.2, -0.15) is 0 Å². The molecule has 156 valence electrons. The lowest BCUT2D eigenvalue weighted by Gasteiger charge is -2.60. The summed E-state index contributed by atoms with van der Waals surface area (Å²) in [7, 11) is 0. The number of hydrogen-bond acceptors (Lipinski definition) is 5. The Bertz CT molecular complexity index is 821. The number of esters is 1. The minimum absolute atomic E-state index is 0.0585. The Hall–Kier alpha value is -1.56. The van der Waals surface area contributed by atoms with Gasteiger partial charge in [0.15, 0.2) is 23.9 Å². The molecule has 4 aliphatic carbocycles. The van der Waals surface area contributed by atoms with Crippen LogP contribution in [0.25, 0.3) is 0 Å². The minimum atomic E-state index is -0.245. The van der Waals surface area contributed by atoms with E-state index >= 15 is 0 Å². The number of alkyl halides is 1. The van der Waals surface area contributed by atoms with Gasteiger partial charge in [0.25, 0.3) is 0 Å². The molecular weight excluding hydrogens is 436 g/mol. The number of fused-ring (bicyclic) bond motifs is 1. The number of halogens is 1. The molecule has 4 bridgehead atoms. The quantitative estimate of drug-likeness (QED) is 0.360. The predicted molar refractivity (Wildman–Crippen MR) is 111 cm³/mol. The van der Waals surface area contributed by atoms with Gasteiger partial charge in [0, 0.05) is 16.3 Å². The summed E-state index contributed by atoms with van der Waals surface area (Å²) in [5, 5.41) is 0. The van der Waals surface area contributed by atoms with E-state index in [2.05, 4.69) is 15.9 Å². The van der Waals surface area contributed by atoms with Crippen molar-refractivity contribution in [3.05, 3.63) is 23.8 Å². The number of rotatable bonds is 5. The number of ketones is 1. The monoisotopic (exact) mass is 462 g/mol. The molecule has 0 radical (unpaired) electrons. The van der Waals surface area contributed by atoms with Gasteiger partial charge in [-0.3, -0.25) is 9.59 Å². The molecule has 1 heterocycles. The van der Waals surface area contributed by atoms with Gasteiger partial charge < -0.3 is 14.2 Å². The van der Waals surface area contributed by atoms with Crippen molar-refractivity contribution in [3.8, 4) is 11.5 Å². The fourth-order valence-corrected chi connectivity index (χ4v) is 7.98. The highest BCUT2D eigenvalue weighted by molar-refractivity contribution is 9.10.